The van der Waals surface area contributed by atoms with Gasteiger partial charge in [-0.1, -0.05) is 30.6 Å². The molecule has 0 amide bonds. The smallest absolute Gasteiger partial charge is 0.252 e. The lowest BCUT2D eigenvalue weighted by Crippen LogP contribution is -2.30. The van der Waals surface area contributed by atoms with E-state index in [9.17, 15) is 8.42 Å². The molecule has 1 aliphatic rings. The molecule has 2 rings (SSSR count). The molecule has 0 atom stereocenters. The molecule has 1 fully saturated rings. The van der Waals surface area contributed by atoms with Crippen LogP contribution >= 0.6 is 11.3 Å². The lowest BCUT2D eigenvalue weighted by Gasteiger charge is -2.21. The van der Waals surface area contributed by atoms with Crippen molar-refractivity contribution in [1.82, 2.24) is 9.71 Å². The Kier molecular flexibility index (Phi) is 4.24. The van der Waals surface area contributed by atoms with Crippen LogP contribution in [-0.4, -0.2) is 19.9 Å². The average molecular weight is 289 g/mol. The van der Waals surface area contributed by atoms with Crippen molar-refractivity contribution >= 4 is 26.5 Å². The van der Waals surface area contributed by atoms with Crippen molar-refractivity contribution in [3.63, 3.8) is 0 Å². The number of anilines is 1. The van der Waals surface area contributed by atoms with Gasteiger partial charge in [0.2, 0.25) is 0 Å². The standard InChI is InChI=1S/C11H19N3O2S2/c1-8-10(17-11(12)14-8)18(15,16)13-7-9-5-3-2-4-6-9/h9,13H,2-7H2,1H3,(H2,12,14). The first-order valence-electron chi connectivity index (χ1n) is 6.21. The van der Waals surface area contributed by atoms with E-state index in [-0.39, 0.29) is 4.21 Å². The summed E-state index contributed by atoms with van der Waals surface area (Å²) in [5.74, 6) is 0.471. The van der Waals surface area contributed by atoms with Crippen molar-refractivity contribution < 1.29 is 8.42 Å². The molecule has 102 valence electrons. The van der Waals surface area contributed by atoms with Crippen LogP contribution in [0.1, 0.15) is 37.8 Å². The minimum Gasteiger partial charge on any atom is -0.375 e. The van der Waals surface area contributed by atoms with Gasteiger partial charge in [0, 0.05) is 6.54 Å². The second-order valence-corrected chi connectivity index (χ2v) is 7.77. The average Bonchev–Trinajstić information content (AvgIpc) is 2.68. The molecule has 1 saturated carbocycles. The van der Waals surface area contributed by atoms with E-state index in [0.717, 1.165) is 24.2 Å². The Labute approximate surface area is 112 Å². The van der Waals surface area contributed by atoms with E-state index in [1.54, 1.807) is 6.92 Å². The van der Waals surface area contributed by atoms with Gasteiger partial charge in [0.05, 0.1) is 5.69 Å². The van der Waals surface area contributed by atoms with Crippen molar-refractivity contribution in [3.8, 4) is 0 Å². The topological polar surface area (TPSA) is 85.1 Å². The molecule has 7 heteroatoms. The number of hydrogen-bond acceptors (Lipinski definition) is 5. The highest BCUT2D eigenvalue weighted by Gasteiger charge is 2.23. The van der Waals surface area contributed by atoms with Crippen LogP contribution in [-0.2, 0) is 10.0 Å². The Bertz CT molecular complexity index is 504. The maximum Gasteiger partial charge on any atom is 0.252 e. The quantitative estimate of drug-likeness (QED) is 0.886. The van der Waals surface area contributed by atoms with Gasteiger partial charge in [0.1, 0.15) is 0 Å². The predicted molar refractivity (Wildman–Crippen MR) is 73.0 cm³/mol. The zero-order chi connectivity index (χ0) is 13.2. The van der Waals surface area contributed by atoms with Gasteiger partial charge in [-0.2, -0.15) is 0 Å². The normalized spacial score (nSPS) is 18.1. The Morgan fingerprint density at radius 1 is 1.39 bits per heavy atom. The molecule has 1 aromatic heterocycles. The minimum absolute atomic E-state index is 0.246. The van der Waals surface area contributed by atoms with Gasteiger partial charge >= 0.3 is 0 Å². The van der Waals surface area contributed by atoms with E-state index in [0.29, 0.717) is 23.3 Å². The maximum atomic E-state index is 12.1. The molecule has 0 spiro atoms. The first-order valence-corrected chi connectivity index (χ1v) is 8.51. The van der Waals surface area contributed by atoms with Crippen molar-refractivity contribution in [2.75, 3.05) is 12.3 Å². The summed E-state index contributed by atoms with van der Waals surface area (Å²) in [5, 5.41) is 0.297. The molecule has 1 aromatic rings. The molecule has 0 unspecified atom stereocenters. The van der Waals surface area contributed by atoms with Crippen LogP contribution in [0.2, 0.25) is 0 Å². The Hall–Kier alpha value is -0.660. The van der Waals surface area contributed by atoms with Crippen LogP contribution in [0.15, 0.2) is 4.21 Å². The molecular formula is C11H19N3O2S2. The molecule has 0 radical (unpaired) electrons. The highest BCUT2D eigenvalue weighted by atomic mass is 32.2. The lowest BCUT2D eigenvalue weighted by atomic mass is 9.90. The molecule has 0 aliphatic heterocycles. The van der Waals surface area contributed by atoms with Gasteiger partial charge in [-0.05, 0) is 25.7 Å². The lowest BCUT2D eigenvalue weighted by molar-refractivity contribution is 0.357. The van der Waals surface area contributed by atoms with E-state index in [1.807, 2.05) is 0 Å². The van der Waals surface area contributed by atoms with Gasteiger partial charge in [0.15, 0.2) is 9.34 Å². The molecule has 0 aromatic carbocycles. The highest BCUT2D eigenvalue weighted by molar-refractivity contribution is 7.91. The van der Waals surface area contributed by atoms with E-state index in [2.05, 4.69) is 9.71 Å². The summed E-state index contributed by atoms with van der Waals surface area (Å²) in [7, 11) is -3.44. The van der Waals surface area contributed by atoms with Crippen LogP contribution in [0.3, 0.4) is 0 Å². The van der Waals surface area contributed by atoms with Gasteiger partial charge < -0.3 is 5.73 Å². The van der Waals surface area contributed by atoms with Gasteiger partial charge in [-0.3, -0.25) is 0 Å². The monoisotopic (exact) mass is 289 g/mol. The number of thiazole rings is 1. The number of nitrogens with one attached hydrogen (secondary N) is 1. The fraction of sp³-hybridized carbons (Fsp3) is 0.727. The molecule has 1 heterocycles. The van der Waals surface area contributed by atoms with Crippen LogP contribution in [0.25, 0.3) is 0 Å². The highest BCUT2D eigenvalue weighted by Crippen LogP contribution is 2.26. The number of hydrogen-bond donors (Lipinski definition) is 2. The summed E-state index contributed by atoms with van der Waals surface area (Å²) >= 11 is 1.02. The zero-order valence-corrected chi connectivity index (χ0v) is 12.1. The largest absolute Gasteiger partial charge is 0.375 e. The van der Waals surface area contributed by atoms with Crippen molar-refractivity contribution in [3.05, 3.63) is 5.69 Å². The second-order valence-electron chi connectivity index (χ2n) is 4.78. The van der Waals surface area contributed by atoms with E-state index in [1.165, 1.54) is 19.3 Å². The van der Waals surface area contributed by atoms with Crippen LogP contribution < -0.4 is 10.5 Å². The number of nitrogens with zero attached hydrogens (tertiary/aromatic N) is 1. The summed E-state index contributed by atoms with van der Waals surface area (Å²) in [6, 6.07) is 0. The Morgan fingerprint density at radius 2 is 2.06 bits per heavy atom. The van der Waals surface area contributed by atoms with Crippen molar-refractivity contribution in [1.29, 1.82) is 0 Å². The third-order valence-electron chi connectivity index (χ3n) is 3.30. The molecule has 3 N–H and O–H groups in total. The fourth-order valence-electron chi connectivity index (χ4n) is 2.34. The molecule has 18 heavy (non-hydrogen) atoms. The van der Waals surface area contributed by atoms with Gasteiger partial charge in [-0.25, -0.2) is 18.1 Å². The van der Waals surface area contributed by atoms with Crippen LogP contribution in [0.5, 0.6) is 0 Å². The summed E-state index contributed by atoms with van der Waals surface area (Å²) < 4.78 is 27.2. The summed E-state index contributed by atoms with van der Waals surface area (Å²) in [4.78, 5) is 3.95. The first-order chi connectivity index (χ1) is 8.49. The first kappa shape index (κ1) is 13.8. The molecule has 0 bridgehead atoms. The number of sulfonamides is 1. The number of nitrogens with two attached hydrogens (primary N) is 1. The zero-order valence-electron chi connectivity index (χ0n) is 10.5. The number of aromatic nitrogens is 1. The third-order valence-corrected chi connectivity index (χ3v) is 6.32. The Balaban J connectivity index is 2.01. The second kappa shape index (κ2) is 5.54. The van der Waals surface area contributed by atoms with E-state index in [4.69, 9.17) is 5.73 Å². The summed E-state index contributed by atoms with van der Waals surface area (Å²) in [6.45, 7) is 2.20. The predicted octanol–water partition coefficient (Wildman–Crippen LogP) is 1.89. The third kappa shape index (κ3) is 3.21. The number of aryl methyl sites for hydroxylation is 1. The number of rotatable bonds is 4. The molecule has 5 nitrogen and oxygen atoms in total. The van der Waals surface area contributed by atoms with Gasteiger partial charge in [-0.15, -0.1) is 0 Å². The minimum atomic E-state index is -3.44. The van der Waals surface area contributed by atoms with Crippen LogP contribution in [0, 0.1) is 12.8 Å². The summed E-state index contributed by atoms with van der Waals surface area (Å²) in [6.07, 6.45) is 5.92. The summed E-state index contributed by atoms with van der Waals surface area (Å²) in [5.41, 5.74) is 6.01. The SMILES string of the molecule is Cc1nc(N)sc1S(=O)(=O)NCC1CCCCC1. The van der Waals surface area contributed by atoms with E-state index >= 15 is 0 Å². The Morgan fingerprint density at radius 3 is 2.61 bits per heavy atom. The molecule has 1 aliphatic carbocycles. The fourth-order valence-corrected chi connectivity index (χ4v) is 4.79. The molecule has 0 saturated heterocycles. The van der Waals surface area contributed by atoms with Crippen LogP contribution in [0.4, 0.5) is 5.13 Å². The van der Waals surface area contributed by atoms with Gasteiger partial charge in [0.25, 0.3) is 10.0 Å². The number of nitrogen functional groups attached to an aromatic ring is 1. The molecular weight excluding hydrogens is 270 g/mol. The van der Waals surface area contributed by atoms with Crippen molar-refractivity contribution in [2.45, 2.75) is 43.2 Å². The maximum absolute atomic E-state index is 12.1. The van der Waals surface area contributed by atoms with Crippen molar-refractivity contribution in [2.24, 2.45) is 5.92 Å². The van der Waals surface area contributed by atoms with E-state index < -0.39 is 10.0 Å².